The molecule has 3 heteroatoms. The molecule has 0 N–H and O–H groups in total. The van der Waals surface area contributed by atoms with Crippen LogP contribution in [-0.2, 0) is 9.53 Å². The number of allylic oxidation sites excluding steroid dienone is 1. The first-order chi connectivity index (χ1) is 10.6. The molecular weight excluding hydrogens is 379 g/mol. The van der Waals surface area contributed by atoms with Crippen molar-refractivity contribution in [3.05, 3.63) is 12.7 Å². The van der Waals surface area contributed by atoms with Gasteiger partial charge in [0.1, 0.15) is 0 Å². The summed E-state index contributed by atoms with van der Waals surface area (Å²) in [5.74, 6) is 0.0642. The number of methoxy groups -OCH3 is 1. The Morgan fingerprint density at radius 3 is 1.82 bits per heavy atom. The molecule has 0 heterocycles. The van der Waals surface area contributed by atoms with Crippen molar-refractivity contribution in [2.24, 2.45) is 5.92 Å². The van der Waals surface area contributed by atoms with E-state index < -0.39 is 18.4 Å². The number of hydrogen-bond acceptors (Lipinski definition) is 2. The van der Waals surface area contributed by atoms with Crippen LogP contribution < -0.4 is 0 Å². The van der Waals surface area contributed by atoms with Crippen molar-refractivity contribution >= 4 is 24.3 Å². The summed E-state index contributed by atoms with van der Waals surface area (Å²) in [7, 11) is 1.53. The van der Waals surface area contributed by atoms with Gasteiger partial charge >= 0.3 is 143 Å². The Morgan fingerprint density at radius 1 is 1.05 bits per heavy atom. The molecule has 0 aliphatic rings. The minimum atomic E-state index is -2.25. The molecule has 0 bridgehead atoms. The monoisotopic (exact) mass is 418 g/mol. The molecule has 2 nitrogen and oxygen atoms in total. The minimum absolute atomic E-state index is 0.00882. The topological polar surface area (TPSA) is 26.3 Å². The fourth-order valence-electron chi connectivity index (χ4n) is 3.49. The molecule has 1 unspecified atom stereocenters. The molecule has 0 saturated heterocycles. The zero-order valence-electron chi connectivity index (χ0n) is 15.5. The molecule has 0 fully saturated rings. The van der Waals surface area contributed by atoms with Gasteiger partial charge in [-0.1, -0.05) is 0 Å². The summed E-state index contributed by atoms with van der Waals surface area (Å²) in [6, 6.07) is 0. The summed E-state index contributed by atoms with van der Waals surface area (Å²) in [5.41, 5.74) is 0. The second-order valence-electron chi connectivity index (χ2n) is 6.76. The van der Waals surface area contributed by atoms with Crippen molar-refractivity contribution in [3.63, 3.8) is 0 Å². The maximum absolute atomic E-state index is 12.2. The third-order valence-electron chi connectivity index (χ3n) is 4.85. The van der Waals surface area contributed by atoms with E-state index in [1.165, 1.54) is 63.4 Å². The van der Waals surface area contributed by atoms with Crippen LogP contribution >= 0.6 is 0 Å². The van der Waals surface area contributed by atoms with Gasteiger partial charge in [-0.2, -0.15) is 0 Å². The summed E-state index contributed by atoms with van der Waals surface area (Å²) >= 11 is -2.25. The molecule has 0 rings (SSSR count). The van der Waals surface area contributed by atoms with Crippen LogP contribution in [0.5, 0.6) is 0 Å². The van der Waals surface area contributed by atoms with Crippen LogP contribution in [0.25, 0.3) is 0 Å². The molecule has 0 amide bonds. The van der Waals surface area contributed by atoms with E-state index in [0.29, 0.717) is 0 Å². The van der Waals surface area contributed by atoms with Gasteiger partial charge in [-0.3, -0.25) is 0 Å². The van der Waals surface area contributed by atoms with Crippen molar-refractivity contribution < 1.29 is 9.53 Å². The second kappa shape index (κ2) is 13.4. The van der Waals surface area contributed by atoms with Crippen molar-refractivity contribution in [2.45, 2.75) is 83.5 Å². The standard InChI is InChI=1S/C7H11O2.3C4H9.Sn/c1-4-5-6(2)7(8)9-3;3*1-3-4-2;/h4,6H,1-2,5H2,3H3;3*1,3-4H2,2H3;. The Labute approximate surface area is 143 Å². The van der Waals surface area contributed by atoms with Crippen LogP contribution in [0.15, 0.2) is 12.7 Å². The molecule has 0 spiro atoms. The zero-order chi connectivity index (χ0) is 16.8. The molecule has 130 valence electrons. The van der Waals surface area contributed by atoms with Crippen molar-refractivity contribution in [1.29, 1.82) is 0 Å². The number of hydrogen-bond donors (Lipinski definition) is 0. The van der Waals surface area contributed by atoms with E-state index in [-0.39, 0.29) is 11.9 Å². The van der Waals surface area contributed by atoms with Gasteiger partial charge in [0.2, 0.25) is 0 Å². The van der Waals surface area contributed by atoms with Gasteiger partial charge in [0.15, 0.2) is 0 Å². The number of ether oxygens (including phenoxy) is 1. The molecule has 0 aromatic rings. The van der Waals surface area contributed by atoms with Gasteiger partial charge in [-0.25, -0.2) is 0 Å². The molecule has 22 heavy (non-hydrogen) atoms. The van der Waals surface area contributed by atoms with Crippen LogP contribution in [0, 0.1) is 5.92 Å². The van der Waals surface area contributed by atoms with Crippen molar-refractivity contribution in [1.82, 2.24) is 0 Å². The number of unbranched alkanes of at least 4 members (excludes halogenated alkanes) is 3. The zero-order valence-corrected chi connectivity index (χ0v) is 18.3. The van der Waals surface area contributed by atoms with Gasteiger partial charge in [-0.05, 0) is 0 Å². The predicted molar refractivity (Wildman–Crippen MR) is 100 cm³/mol. The van der Waals surface area contributed by atoms with Gasteiger partial charge in [0.05, 0.1) is 0 Å². The van der Waals surface area contributed by atoms with Gasteiger partial charge < -0.3 is 0 Å². The van der Waals surface area contributed by atoms with E-state index in [9.17, 15) is 4.79 Å². The first-order valence-electron chi connectivity index (χ1n) is 9.27. The van der Waals surface area contributed by atoms with Gasteiger partial charge in [0, 0.05) is 0 Å². The van der Waals surface area contributed by atoms with E-state index in [1.54, 1.807) is 0 Å². The Balaban J connectivity index is 5.16. The van der Waals surface area contributed by atoms with Crippen LogP contribution in [0.4, 0.5) is 0 Å². The summed E-state index contributed by atoms with van der Waals surface area (Å²) in [5, 5.41) is 0. The van der Waals surface area contributed by atoms with E-state index in [4.69, 9.17) is 4.74 Å². The third-order valence-corrected chi connectivity index (χ3v) is 20.8. The molecule has 0 aliphatic carbocycles. The van der Waals surface area contributed by atoms with Crippen molar-refractivity contribution in [2.75, 3.05) is 7.11 Å². The summed E-state index contributed by atoms with van der Waals surface area (Å²) in [6.07, 6.45) is 10.6. The van der Waals surface area contributed by atoms with Crippen molar-refractivity contribution in [3.8, 4) is 0 Å². The Kier molecular flexibility index (Phi) is 13.5. The van der Waals surface area contributed by atoms with Crippen LogP contribution in [0.3, 0.4) is 0 Å². The molecule has 0 aliphatic heterocycles. The normalized spacial score (nSPS) is 12.9. The SMILES string of the molecule is C=CCC([CH2][Sn]([CH2]CCC)([CH2]CCC)[CH2]CCC)C(=O)OC. The predicted octanol–water partition coefficient (Wildman–Crippen LogP) is 6.20. The molecule has 1 atom stereocenters. The van der Waals surface area contributed by atoms with E-state index in [1.807, 2.05) is 6.08 Å². The quantitative estimate of drug-likeness (QED) is 0.191. The average Bonchev–Trinajstić information content (AvgIpc) is 2.54. The van der Waals surface area contributed by atoms with Crippen LogP contribution in [0.1, 0.15) is 65.7 Å². The van der Waals surface area contributed by atoms with E-state index in [0.717, 1.165) is 6.42 Å². The number of rotatable bonds is 14. The first-order valence-corrected chi connectivity index (χ1v) is 17.3. The number of carbonyl (C=O) groups is 1. The first kappa shape index (κ1) is 22.0. The Hall–Kier alpha value is 0.00870. The average molecular weight is 417 g/mol. The summed E-state index contributed by atoms with van der Waals surface area (Å²) in [4.78, 5) is 12.2. The fourth-order valence-corrected chi connectivity index (χ4v) is 20.8. The molecule has 0 aromatic carbocycles. The maximum atomic E-state index is 12.2. The molecule has 0 aromatic heterocycles. The number of esters is 1. The van der Waals surface area contributed by atoms with Gasteiger partial charge in [0.25, 0.3) is 0 Å². The Morgan fingerprint density at radius 2 is 1.50 bits per heavy atom. The van der Waals surface area contributed by atoms with E-state index in [2.05, 4.69) is 27.4 Å². The van der Waals surface area contributed by atoms with E-state index >= 15 is 0 Å². The molecule has 0 saturated carbocycles. The Bertz CT molecular complexity index is 280. The molecular formula is C19H38O2Sn. The van der Waals surface area contributed by atoms with Crippen LogP contribution in [-0.4, -0.2) is 31.5 Å². The van der Waals surface area contributed by atoms with Crippen LogP contribution in [0.2, 0.25) is 17.7 Å². The number of carbonyl (C=O) groups excluding carboxylic acids is 1. The van der Waals surface area contributed by atoms with Gasteiger partial charge in [-0.15, -0.1) is 0 Å². The third kappa shape index (κ3) is 8.59. The molecule has 0 radical (unpaired) electrons. The fraction of sp³-hybridized carbons (Fsp3) is 0.842. The second-order valence-corrected chi connectivity index (χ2v) is 20.8. The summed E-state index contributed by atoms with van der Waals surface area (Å²) < 4.78 is 10.6. The summed E-state index contributed by atoms with van der Waals surface area (Å²) in [6.45, 7) is 10.7.